The Kier molecular flexibility index (Phi) is 4.39. The molecule has 0 amide bonds. The fraction of sp³-hybridized carbons (Fsp3) is 0.500. The van der Waals surface area contributed by atoms with E-state index in [1.165, 1.54) is 6.08 Å². The van der Waals surface area contributed by atoms with Crippen LogP contribution in [0, 0.1) is 0 Å². The van der Waals surface area contributed by atoms with Crippen molar-refractivity contribution in [2.75, 3.05) is 5.33 Å². The summed E-state index contributed by atoms with van der Waals surface area (Å²) in [4.78, 5) is 0. The second-order valence-corrected chi connectivity index (χ2v) is 2.71. The van der Waals surface area contributed by atoms with E-state index in [4.69, 9.17) is 0 Å². The number of thioether (sulfide) groups is 1. The Labute approximate surface area is 63.6 Å². The number of hydrogen-bond acceptors (Lipinski definition) is 1. The highest BCUT2D eigenvalue weighted by atomic mass is 79.9. The van der Waals surface area contributed by atoms with E-state index in [1.54, 1.807) is 0 Å². The van der Waals surface area contributed by atoms with Crippen molar-refractivity contribution in [3.8, 4) is 0 Å². The van der Waals surface area contributed by atoms with E-state index in [0.29, 0.717) is 5.33 Å². The second kappa shape index (κ2) is 4.22. The van der Waals surface area contributed by atoms with Crippen LogP contribution in [0.3, 0.4) is 0 Å². The zero-order chi connectivity index (χ0) is 7.33. The van der Waals surface area contributed by atoms with Crippen molar-refractivity contribution in [1.82, 2.24) is 0 Å². The number of hydrogen-bond donors (Lipinski definition) is 0. The SMILES string of the molecule is FC(F)(F)S/C=C/CBr. The highest BCUT2D eigenvalue weighted by Crippen LogP contribution is 2.30. The molecular weight excluding hydrogens is 217 g/mol. The van der Waals surface area contributed by atoms with Crippen molar-refractivity contribution in [2.24, 2.45) is 0 Å². The van der Waals surface area contributed by atoms with Crippen LogP contribution in [0.4, 0.5) is 13.2 Å². The van der Waals surface area contributed by atoms with Gasteiger partial charge in [0.05, 0.1) is 0 Å². The minimum Gasteiger partial charge on any atom is -0.160 e. The zero-order valence-electron chi connectivity index (χ0n) is 4.28. The Morgan fingerprint density at radius 3 is 2.33 bits per heavy atom. The lowest BCUT2D eigenvalue weighted by atomic mass is 10.8. The van der Waals surface area contributed by atoms with Gasteiger partial charge in [-0.2, -0.15) is 13.2 Å². The molecule has 0 aliphatic heterocycles. The maximum atomic E-state index is 11.3. The summed E-state index contributed by atoms with van der Waals surface area (Å²) in [6, 6.07) is 0. The van der Waals surface area contributed by atoms with Crippen LogP contribution < -0.4 is 0 Å². The molecule has 0 unspecified atom stereocenters. The van der Waals surface area contributed by atoms with E-state index >= 15 is 0 Å². The monoisotopic (exact) mass is 220 g/mol. The molecule has 0 aromatic carbocycles. The van der Waals surface area contributed by atoms with Crippen molar-refractivity contribution in [1.29, 1.82) is 0 Å². The van der Waals surface area contributed by atoms with Crippen molar-refractivity contribution < 1.29 is 13.2 Å². The lowest BCUT2D eigenvalue weighted by molar-refractivity contribution is -0.0319. The summed E-state index contributed by atoms with van der Waals surface area (Å²) in [6.45, 7) is 0. The van der Waals surface area contributed by atoms with Crippen LogP contribution in [-0.4, -0.2) is 10.8 Å². The fourth-order valence-corrected chi connectivity index (χ4v) is 0.943. The molecule has 0 bridgehead atoms. The van der Waals surface area contributed by atoms with Crippen LogP contribution in [0.2, 0.25) is 0 Å². The third-order valence-electron chi connectivity index (χ3n) is 0.387. The summed E-state index contributed by atoms with van der Waals surface area (Å²) in [7, 11) is 0. The van der Waals surface area contributed by atoms with Gasteiger partial charge in [-0.3, -0.25) is 0 Å². The van der Waals surface area contributed by atoms with Gasteiger partial charge in [-0.25, -0.2) is 0 Å². The van der Waals surface area contributed by atoms with Gasteiger partial charge in [0.25, 0.3) is 0 Å². The quantitative estimate of drug-likeness (QED) is 0.645. The summed E-state index contributed by atoms with van der Waals surface area (Å²) in [5.41, 5.74) is -4.14. The van der Waals surface area contributed by atoms with Crippen molar-refractivity contribution >= 4 is 27.7 Å². The molecular formula is C4H4BrF3S. The molecule has 5 heteroatoms. The molecule has 0 atom stereocenters. The number of alkyl halides is 4. The van der Waals surface area contributed by atoms with Gasteiger partial charge in [0, 0.05) is 5.33 Å². The molecule has 0 aromatic heterocycles. The van der Waals surface area contributed by atoms with E-state index in [1.807, 2.05) is 0 Å². The smallest absolute Gasteiger partial charge is 0.160 e. The van der Waals surface area contributed by atoms with Gasteiger partial charge in [0.15, 0.2) is 0 Å². The average molecular weight is 221 g/mol. The normalized spacial score (nSPS) is 12.9. The van der Waals surface area contributed by atoms with Crippen LogP contribution in [-0.2, 0) is 0 Å². The summed E-state index contributed by atoms with van der Waals surface area (Å²) >= 11 is 2.80. The predicted octanol–water partition coefficient (Wildman–Crippen LogP) is 3.15. The van der Waals surface area contributed by atoms with Gasteiger partial charge < -0.3 is 0 Å². The van der Waals surface area contributed by atoms with Gasteiger partial charge in [-0.05, 0) is 17.2 Å². The molecule has 0 heterocycles. The Morgan fingerprint density at radius 2 is 2.00 bits per heavy atom. The van der Waals surface area contributed by atoms with Crippen LogP contribution in [0.15, 0.2) is 11.5 Å². The Balaban J connectivity index is 3.38. The minimum atomic E-state index is -4.14. The fourth-order valence-electron chi connectivity index (χ4n) is 0.162. The molecule has 0 aliphatic carbocycles. The largest absolute Gasteiger partial charge is 0.445 e. The van der Waals surface area contributed by atoms with Gasteiger partial charge in [-0.15, -0.1) is 0 Å². The first kappa shape index (κ1) is 9.36. The maximum Gasteiger partial charge on any atom is 0.445 e. The summed E-state index contributed by atoms with van der Waals surface area (Å²) < 4.78 is 33.8. The molecule has 0 nitrogen and oxygen atoms in total. The van der Waals surface area contributed by atoms with Crippen LogP contribution >= 0.6 is 27.7 Å². The summed E-state index contributed by atoms with van der Waals surface area (Å²) in [6.07, 6.45) is 1.39. The van der Waals surface area contributed by atoms with Crippen LogP contribution in [0.25, 0.3) is 0 Å². The standard InChI is InChI=1S/C4H4BrF3S/c5-2-1-3-9-4(6,7)8/h1,3H,2H2/b3-1+. The van der Waals surface area contributed by atoms with E-state index in [-0.39, 0.29) is 11.8 Å². The third-order valence-corrected chi connectivity index (χ3v) is 1.36. The average Bonchev–Trinajstić information content (AvgIpc) is 1.63. The molecule has 54 valence electrons. The van der Waals surface area contributed by atoms with Crippen LogP contribution in [0.1, 0.15) is 0 Å². The number of allylic oxidation sites excluding steroid dienone is 1. The van der Waals surface area contributed by atoms with E-state index < -0.39 is 5.51 Å². The van der Waals surface area contributed by atoms with Gasteiger partial charge in [-0.1, -0.05) is 22.0 Å². The Morgan fingerprint density at radius 1 is 1.44 bits per heavy atom. The summed E-state index contributed by atoms with van der Waals surface area (Å²) in [5.74, 6) is 0. The maximum absolute atomic E-state index is 11.3. The molecule has 0 saturated heterocycles. The van der Waals surface area contributed by atoms with Crippen molar-refractivity contribution in [3.63, 3.8) is 0 Å². The zero-order valence-corrected chi connectivity index (χ0v) is 6.68. The van der Waals surface area contributed by atoms with Crippen molar-refractivity contribution in [3.05, 3.63) is 11.5 Å². The molecule has 0 radical (unpaired) electrons. The number of halogens is 4. The van der Waals surface area contributed by atoms with Crippen molar-refractivity contribution in [2.45, 2.75) is 5.51 Å². The van der Waals surface area contributed by atoms with Crippen LogP contribution in [0.5, 0.6) is 0 Å². The molecule has 0 aliphatic rings. The molecule has 0 saturated carbocycles. The molecule has 0 fully saturated rings. The van der Waals surface area contributed by atoms with Gasteiger partial charge >= 0.3 is 5.51 Å². The van der Waals surface area contributed by atoms with Gasteiger partial charge in [0.1, 0.15) is 0 Å². The van der Waals surface area contributed by atoms with E-state index in [0.717, 1.165) is 5.41 Å². The minimum absolute atomic E-state index is 0.152. The lowest BCUT2D eigenvalue weighted by Crippen LogP contribution is -1.96. The number of rotatable bonds is 2. The molecule has 9 heavy (non-hydrogen) atoms. The highest BCUT2D eigenvalue weighted by Gasteiger charge is 2.26. The molecule has 0 rings (SSSR count). The molecule has 0 N–H and O–H groups in total. The first-order valence-electron chi connectivity index (χ1n) is 2.02. The predicted molar refractivity (Wildman–Crippen MR) is 36.6 cm³/mol. The first-order chi connectivity index (χ1) is 4.06. The van der Waals surface area contributed by atoms with E-state index in [2.05, 4.69) is 15.9 Å². The topological polar surface area (TPSA) is 0 Å². The Bertz CT molecular complexity index is 98.5. The highest BCUT2D eigenvalue weighted by molar-refractivity contribution is 9.09. The second-order valence-electron chi connectivity index (χ2n) is 1.09. The van der Waals surface area contributed by atoms with E-state index in [9.17, 15) is 13.2 Å². The summed E-state index contributed by atoms with van der Waals surface area (Å²) in [5, 5.41) is 1.46. The van der Waals surface area contributed by atoms with Gasteiger partial charge in [0.2, 0.25) is 0 Å². The third kappa shape index (κ3) is 8.36. The lowest BCUT2D eigenvalue weighted by Gasteiger charge is -1.97. The molecule has 0 spiro atoms. The first-order valence-corrected chi connectivity index (χ1v) is 4.02. The molecule has 0 aromatic rings. The Hall–Kier alpha value is 0.360.